The van der Waals surface area contributed by atoms with Crippen LogP contribution in [0.4, 0.5) is 0 Å². The average molecular weight is 213 g/mol. The summed E-state index contributed by atoms with van der Waals surface area (Å²) in [6.07, 6.45) is 0.716. The fraction of sp³-hybridized carbons (Fsp3) is 0.889. The molecule has 2 saturated carbocycles. The van der Waals surface area contributed by atoms with Crippen LogP contribution in [-0.4, -0.2) is 19.8 Å². The van der Waals surface area contributed by atoms with Crippen molar-refractivity contribution < 1.29 is 12.6 Å². The summed E-state index contributed by atoms with van der Waals surface area (Å²) in [6, 6.07) is 2.15. The van der Waals surface area contributed by atoms with Crippen LogP contribution in [0.15, 0.2) is 0 Å². The van der Waals surface area contributed by atoms with Crippen LogP contribution >= 0.6 is 0 Å². The molecule has 0 aromatic heterocycles. The number of rotatable bonds is 0. The third-order valence-electron chi connectivity index (χ3n) is 4.12. The van der Waals surface area contributed by atoms with E-state index < -0.39 is 15.4 Å². The predicted octanol–water partition coefficient (Wildman–Crippen LogP) is 0.509. The van der Waals surface area contributed by atoms with Gasteiger partial charge in [-0.05, 0) is 18.3 Å². The molecular weight excluding hydrogens is 202 g/mol. The molecule has 0 aromatic rings. The molecule has 3 rings (SSSR count). The lowest BCUT2D eigenvalue weighted by Crippen LogP contribution is -2.34. The van der Waals surface area contributed by atoms with E-state index in [0.717, 1.165) is 6.42 Å². The molecule has 5 heteroatoms. The van der Waals surface area contributed by atoms with E-state index in [4.69, 9.17) is 9.44 Å². The molecule has 2 aliphatic carbocycles. The van der Waals surface area contributed by atoms with Crippen molar-refractivity contribution in [2.45, 2.75) is 24.7 Å². The molecular formula is C9H11NO3S. The van der Waals surface area contributed by atoms with Gasteiger partial charge in [0.1, 0.15) is 5.25 Å². The molecule has 0 N–H and O–H groups in total. The van der Waals surface area contributed by atoms with Crippen molar-refractivity contribution in [2.24, 2.45) is 23.7 Å². The second-order valence-electron chi connectivity index (χ2n) is 4.60. The number of hydrogen-bond acceptors (Lipinski definition) is 4. The molecule has 76 valence electrons. The molecule has 14 heavy (non-hydrogen) atoms. The zero-order chi connectivity index (χ0) is 10.1. The zero-order valence-electron chi connectivity index (χ0n) is 7.75. The molecule has 3 aliphatic rings. The highest BCUT2D eigenvalue weighted by Crippen LogP contribution is 2.59. The first-order valence-electron chi connectivity index (χ1n) is 4.88. The van der Waals surface area contributed by atoms with E-state index in [9.17, 15) is 8.42 Å². The monoisotopic (exact) mass is 213 g/mol. The van der Waals surface area contributed by atoms with Crippen LogP contribution in [0.25, 0.3) is 0 Å². The first-order chi connectivity index (χ1) is 6.56. The molecule has 0 aromatic carbocycles. The maximum atomic E-state index is 11.6. The highest BCUT2D eigenvalue weighted by atomic mass is 32.2. The van der Waals surface area contributed by atoms with Crippen LogP contribution < -0.4 is 0 Å². The summed E-state index contributed by atoms with van der Waals surface area (Å²) < 4.78 is 28.3. The normalized spacial score (nSPS) is 57.4. The maximum Gasteiger partial charge on any atom is 0.272 e. The van der Waals surface area contributed by atoms with Crippen molar-refractivity contribution >= 4 is 10.1 Å². The van der Waals surface area contributed by atoms with Gasteiger partial charge in [0.2, 0.25) is 0 Å². The number of nitriles is 1. The highest BCUT2D eigenvalue weighted by Gasteiger charge is 2.67. The lowest BCUT2D eigenvalue weighted by Gasteiger charge is -2.24. The molecule has 1 aliphatic heterocycles. The SMILES string of the molecule is CC1C2CC3C1OS(=O)(=O)[C@H]3C2C#N. The molecule has 1 saturated heterocycles. The minimum absolute atomic E-state index is 0.0876. The second kappa shape index (κ2) is 2.31. The molecule has 0 radical (unpaired) electrons. The van der Waals surface area contributed by atoms with Gasteiger partial charge in [0.15, 0.2) is 0 Å². The Bertz CT molecular complexity index is 424. The molecule has 4 nitrogen and oxygen atoms in total. The van der Waals surface area contributed by atoms with Gasteiger partial charge in [0, 0.05) is 5.92 Å². The van der Waals surface area contributed by atoms with Crippen molar-refractivity contribution in [3.05, 3.63) is 0 Å². The summed E-state index contributed by atoms with van der Waals surface area (Å²) in [7, 11) is -3.45. The third-order valence-corrected chi connectivity index (χ3v) is 5.92. The minimum atomic E-state index is -3.45. The van der Waals surface area contributed by atoms with E-state index in [2.05, 4.69) is 6.07 Å². The Labute approximate surface area is 83.0 Å². The minimum Gasteiger partial charge on any atom is -0.266 e. The van der Waals surface area contributed by atoms with Crippen molar-refractivity contribution in [1.82, 2.24) is 0 Å². The van der Waals surface area contributed by atoms with E-state index in [1.807, 2.05) is 6.92 Å². The van der Waals surface area contributed by atoms with Crippen LogP contribution in [0, 0.1) is 35.0 Å². The van der Waals surface area contributed by atoms with E-state index in [-0.39, 0.29) is 29.8 Å². The van der Waals surface area contributed by atoms with Gasteiger partial charge >= 0.3 is 0 Å². The molecule has 0 amide bonds. The number of nitrogens with zero attached hydrogens (tertiary/aromatic N) is 1. The Balaban J connectivity index is 2.15. The standard InChI is InChI=1S/C9H11NO3S/c1-4-5-2-6-8(4)13-14(11,12)9(6)7(5)3-10/h4-9H,2H2,1H3/t4?,5?,6?,7?,8?,9-/m1/s1. The number of hydrogen-bond donors (Lipinski definition) is 0. The van der Waals surface area contributed by atoms with Crippen LogP contribution in [0.1, 0.15) is 13.3 Å². The van der Waals surface area contributed by atoms with E-state index in [0.29, 0.717) is 0 Å². The summed E-state index contributed by atoms with van der Waals surface area (Å²) in [5, 5.41) is 8.46. The Morgan fingerprint density at radius 1 is 1.43 bits per heavy atom. The maximum absolute atomic E-state index is 11.6. The predicted molar refractivity (Wildman–Crippen MR) is 47.4 cm³/mol. The Hall–Kier alpha value is -0.600. The van der Waals surface area contributed by atoms with Crippen LogP contribution in [0.5, 0.6) is 0 Å². The topological polar surface area (TPSA) is 67.2 Å². The molecule has 6 atom stereocenters. The van der Waals surface area contributed by atoms with Gasteiger partial charge in [0.05, 0.1) is 18.1 Å². The van der Waals surface area contributed by atoms with Crippen LogP contribution in [0.3, 0.4) is 0 Å². The van der Waals surface area contributed by atoms with E-state index >= 15 is 0 Å². The van der Waals surface area contributed by atoms with Crippen molar-refractivity contribution in [1.29, 1.82) is 5.26 Å². The van der Waals surface area contributed by atoms with Crippen molar-refractivity contribution in [3.63, 3.8) is 0 Å². The Morgan fingerprint density at radius 3 is 2.79 bits per heavy atom. The van der Waals surface area contributed by atoms with E-state index in [1.165, 1.54) is 0 Å². The Morgan fingerprint density at radius 2 is 2.14 bits per heavy atom. The fourth-order valence-corrected chi connectivity index (χ4v) is 5.61. The van der Waals surface area contributed by atoms with Gasteiger partial charge in [-0.1, -0.05) is 6.92 Å². The van der Waals surface area contributed by atoms with Crippen molar-refractivity contribution in [2.75, 3.05) is 0 Å². The van der Waals surface area contributed by atoms with E-state index in [1.54, 1.807) is 0 Å². The molecule has 3 fully saturated rings. The Kier molecular flexibility index (Phi) is 1.43. The first kappa shape index (κ1) is 8.69. The molecule has 5 unspecified atom stereocenters. The smallest absolute Gasteiger partial charge is 0.266 e. The van der Waals surface area contributed by atoms with Crippen LogP contribution in [-0.2, 0) is 14.3 Å². The number of fused-ring (bicyclic) bond motifs is 1. The van der Waals surface area contributed by atoms with Crippen LogP contribution in [0.2, 0.25) is 0 Å². The lowest BCUT2D eigenvalue weighted by molar-refractivity contribution is 0.130. The quantitative estimate of drug-likeness (QED) is 0.550. The first-order valence-corrected chi connectivity index (χ1v) is 6.35. The summed E-state index contributed by atoms with van der Waals surface area (Å²) >= 11 is 0. The summed E-state index contributed by atoms with van der Waals surface area (Å²) in [5.41, 5.74) is 0. The summed E-state index contributed by atoms with van der Waals surface area (Å²) in [5.74, 6) is 0.207. The lowest BCUT2D eigenvalue weighted by atomic mass is 9.80. The largest absolute Gasteiger partial charge is 0.272 e. The zero-order valence-corrected chi connectivity index (χ0v) is 8.57. The third kappa shape index (κ3) is 0.755. The van der Waals surface area contributed by atoms with Crippen molar-refractivity contribution in [3.8, 4) is 6.07 Å². The average Bonchev–Trinajstić information content (AvgIpc) is 2.67. The second-order valence-corrected chi connectivity index (χ2v) is 6.32. The summed E-state index contributed by atoms with van der Waals surface area (Å²) in [4.78, 5) is 0. The van der Waals surface area contributed by atoms with Gasteiger partial charge in [-0.3, -0.25) is 4.18 Å². The fourth-order valence-electron chi connectivity index (χ4n) is 3.54. The van der Waals surface area contributed by atoms with Gasteiger partial charge < -0.3 is 0 Å². The summed E-state index contributed by atoms with van der Waals surface area (Å²) in [6.45, 7) is 2.00. The molecule has 2 bridgehead atoms. The highest BCUT2D eigenvalue weighted by molar-refractivity contribution is 7.87. The molecule has 1 heterocycles. The van der Waals surface area contributed by atoms with Gasteiger partial charge in [0.25, 0.3) is 10.1 Å². The van der Waals surface area contributed by atoms with Gasteiger partial charge in [-0.2, -0.15) is 13.7 Å². The molecule has 0 spiro atoms. The van der Waals surface area contributed by atoms with Gasteiger partial charge in [-0.15, -0.1) is 0 Å². The van der Waals surface area contributed by atoms with Gasteiger partial charge in [-0.25, -0.2) is 0 Å².